The minimum absolute atomic E-state index is 0.105. The second-order valence-corrected chi connectivity index (χ2v) is 12.2. The monoisotopic (exact) mass is 402 g/mol. The van der Waals surface area contributed by atoms with Gasteiger partial charge in [0, 0.05) is 6.61 Å². The van der Waals surface area contributed by atoms with Crippen LogP contribution in [0.15, 0.2) is 11.6 Å². The van der Waals surface area contributed by atoms with Gasteiger partial charge in [0.1, 0.15) is 0 Å². The predicted molar refractivity (Wildman–Crippen MR) is 120 cm³/mol. The second-order valence-electron chi connectivity index (χ2n) is 12.2. The SMILES string of the molecule is CC(C)CCC[C@@H](CO)[C@H]1CC[C@@H]2[C@H]3CC=C4C[C@@H](O)CC[C@]4(C)[C@@H]3CC[C@]12C. The first-order valence-corrected chi connectivity index (χ1v) is 12.8. The highest BCUT2D eigenvalue weighted by molar-refractivity contribution is 5.25. The molecule has 0 aromatic rings. The van der Waals surface area contributed by atoms with Crippen LogP contribution in [0.1, 0.15) is 98.3 Å². The molecule has 2 nitrogen and oxygen atoms in total. The molecule has 0 aromatic carbocycles. The maximum atomic E-state index is 10.3. The van der Waals surface area contributed by atoms with Gasteiger partial charge < -0.3 is 10.2 Å². The summed E-state index contributed by atoms with van der Waals surface area (Å²) in [6, 6.07) is 0. The second kappa shape index (κ2) is 8.30. The van der Waals surface area contributed by atoms with E-state index in [-0.39, 0.29) is 6.10 Å². The molecule has 8 atom stereocenters. The zero-order chi connectivity index (χ0) is 20.8. The molecule has 0 heterocycles. The fraction of sp³-hybridized carbons (Fsp3) is 0.926. The molecule has 0 radical (unpaired) electrons. The molecular formula is C27H46O2. The van der Waals surface area contributed by atoms with Crippen LogP contribution in [0.3, 0.4) is 0 Å². The third-order valence-corrected chi connectivity index (χ3v) is 10.3. The molecule has 4 rings (SSSR count). The van der Waals surface area contributed by atoms with Crippen molar-refractivity contribution in [2.75, 3.05) is 6.61 Å². The summed E-state index contributed by atoms with van der Waals surface area (Å²) in [6.07, 6.45) is 16.0. The largest absolute Gasteiger partial charge is 0.396 e. The van der Waals surface area contributed by atoms with Crippen molar-refractivity contribution in [2.24, 2.45) is 46.3 Å². The summed E-state index contributed by atoms with van der Waals surface area (Å²) in [5.74, 6) is 4.49. The van der Waals surface area contributed by atoms with Crippen molar-refractivity contribution < 1.29 is 10.2 Å². The Bertz CT molecular complexity index is 610. The van der Waals surface area contributed by atoms with Crippen LogP contribution >= 0.6 is 0 Å². The molecule has 3 fully saturated rings. The molecule has 0 saturated heterocycles. The Labute approximate surface area is 179 Å². The molecule has 2 heteroatoms. The summed E-state index contributed by atoms with van der Waals surface area (Å²) < 4.78 is 0. The van der Waals surface area contributed by atoms with Crippen LogP contribution in [-0.2, 0) is 0 Å². The summed E-state index contributed by atoms with van der Waals surface area (Å²) in [5, 5.41) is 20.5. The Kier molecular flexibility index (Phi) is 6.26. The lowest BCUT2D eigenvalue weighted by molar-refractivity contribution is -0.0623. The maximum Gasteiger partial charge on any atom is 0.0577 e. The fourth-order valence-corrected chi connectivity index (χ4v) is 8.66. The molecule has 0 aliphatic heterocycles. The minimum Gasteiger partial charge on any atom is -0.396 e. The van der Waals surface area contributed by atoms with E-state index >= 15 is 0 Å². The number of aliphatic hydroxyl groups is 2. The van der Waals surface area contributed by atoms with Gasteiger partial charge in [0.05, 0.1) is 6.10 Å². The zero-order valence-electron chi connectivity index (χ0n) is 19.5. The van der Waals surface area contributed by atoms with E-state index in [9.17, 15) is 10.2 Å². The van der Waals surface area contributed by atoms with Crippen molar-refractivity contribution in [2.45, 2.75) is 104 Å². The van der Waals surface area contributed by atoms with Gasteiger partial charge in [-0.15, -0.1) is 0 Å². The van der Waals surface area contributed by atoms with E-state index < -0.39 is 0 Å². The Hall–Kier alpha value is -0.340. The topological polar surface area (TPSA) is 40.5 Å². The third kappa shape index (κ3) is 3.75. The number of fused-ring (bicyclic) bond motifs is 5. The van der Waals surface area contributed by atoms with Crippen LogP contribution in [0.4, 0.5) is 0 Å². The van der Waals surface area contributed by atoms with Gasteiger partial charge in [-0.05, 0) is 104 Å². The van der Waals surface area contributed by atoms with Crippen molar-refractivity contribution in [3.8, 4) is 0 Å². The van der Waals surface area contributed by atoms with E-state index in [0.717, 1.165) is 42.4 Å². The molecule has 29 heavy (non-hydrogen) atoms. The highest BCUT2D eigenvalue weighted by atomic mass is 16.3. The van der Waals surface area contributed by atoms with Gasteiger partial charge in [-0.3, -0.25) is 0 Å². The van der Waals surface area contributed by atoms with E-state index in [1.54, 1.807) is 5.57 Å². The van der Waals surface area contributed by atoms with Gasteiger partial charge in [0.2, 0.25) is 0 Å². The minimum atomic E-state index is -0.105. The molecule has 4 aliphatic rings. The molecule has 166 valence electrons. The highest BCUT2D eigenvalue weighted by Crippen LogP contribution is 2.67. The normalized spacial score (nSPS) is 45.3. The number of allylic oxidation sites excluding steroid dienone is 1. The lowest BCUT2D eigenvalue weighted by Crippen LogP contribution is -2.51. The van der Waals surface area contributed by atoms with Crippen molar-refractivity contribution in [3.05, 3.63) is 11.6 Å². The Morgan fingerprint density at radius 1 is 1.03 bits per heavy atom. The smallest absolute Gasteiger partial charge is 0.0577 e. The summed E-state index contributed by atoms with van der Waals surface area (Å²) in [6.45, 7) is 10.1. The first-order chi connectivity index (χ1) is 13.8. The van der Waals surface area contributed by atoms with Gasteiger partial charge in [-0.25, -0.2) is 0 Å². The summed E-state index contributed by atoms with van der Waals surface area (Å²) in [4.78, 5) is 0. The van der Waals surface area contributed by atoms with Crippen molar-refractivity contribution in [3.63, 3.8) is 0 Å². The lowest BCUT2D eigenvalue weighted by atomic mass is 9.47. The van der Waals surface area contributed by atoms with Crippen molar-refractivity contribution >= 4 is 0 Å². The Morgan fingerprint density at radius 3 is 2.55 bits per heavy atom. The summed E-state index contributed by atoms with van der Waals surface area (Å²) >= 11 is 0. The number of aliphatic hydroxyl groups excluding tert-OH is 2. The molecule has 4 aliphatic carbocycles. The van der Waals surface area contributed by atoms with E-state index in [4.69, 9.17) is 0 Å². The quantitative estimate of drug-likeness (QED) is 0.507. The summed E-state index contributed by atoms with van der Waals surface area (Å²) in [5.41, 5.74) is 2.36. The standard InChI is InChI=1S/C27H46O2/c1-18(2)6-5-7-19(17-28)23-10-11-24-22-9-8-20-16-21(29)12-14-26(20,3)25(22)13-15-27(23,24)4/h8,18-19,21-25,28-29H,5-7,9-17H2,1-4H3/t19-,21-,22+,23+,24+,25+,26-,27+/m0/s1. The molecule has 0 bridgehead atoms. The van der Waals surface area contributed by atoms with Gasteiger partial charge in [0.25, 0.3) is 0 Å². The molecule has 0 amide bonds. The van der Waals surface area contributed by atoms with Crippen LogP contribution in [0.5, 0.6) is 0 Å². The molecule has 0 unspecified atom stereocenters. The van der Waals surface area contributed by atoms with Gasteiger partial charge in [-0.1, -0.05) is 52.2 Å². The average Bonchev–Trinajstić information content (AvgIpc) is 3.03. The van der Waals surface area contributed by atoms with E-state index in [1.165, 1.54) is 57.8 Å². The zero-order valence-corrected chi connectivity index (χ0v) is 19.5. The van der Waals surface area contributed by atoms with Gasteiger partial charge in [0.15, 0.2) is 0 Å². The van der Waals surface area contributed by atoms with Gasteiger partial charge >= 0.3 is 0 Å². The lowest BCUT2D eigenvalue weighted by Gasteiger charge is -2.58. The van der Waals surface area contributed by atoms with Crippen LogP contribution in [0.2, 0.25) is 0 Å². The van der Waals surface area contributed by atoms with Crippen LogP contribution < -0.4 is 0 Å². The Morgan fingerprint density at radius 2 is 1.83 bits per heavy atom. The van der Waals surface area contributed by atoms with E-state index in [0.29, 0.717) is 23.4 Å². The maximum absolute atomic E-state index is 10.3. The number of hydrogen-bond acceptors (Lipinski definition) is 2. The van der Waals surface area contributed by atoms with Crippen LogP contribution in [-0.4, -0.2) is 22.9 Å². The van der Waals surface area contributed by atoms with Crippen LogP contribution in [0, 0.1) is 46.3 Å². The number of rotatable bonds is 6. The predicted octanol–water partition coefficient (Wildman–Crippen LogP) is 6.36. The molecule has 0 spiro atoms. The average molecular weight is 403 g/mol. The fourth-order valence-electron chi connectivity index (χ4n) is 8.66. The highest BCUT2D eigenvalue weighted by Gasteiger charge is 2.59. The molecule has 0 aromatic heterocycles. The van der Waals surface area contributed by atoms with Crippen molar-refractivity contribution in [1.82, 2.24) is 0 Å². The van der Waals surface area contributed by atoms with E-state index in [1.807, 2.05) is 0 Å². The molecule has 3 saturated carbocycles. The van der Waals surface area contributed by atoms with Crippen LogP contribution in [0.25, 0.3) is 0 Å². The first-order valence-electron chi connectivity index (χ1n) is 12.8. The third-order valence-electron chi connectivity index (χ3n) is 10.3. The molecule has 2 N–H and O–H groups in total. The van der Waals surface area contributed by atoms with Gasteiger partial charge in [-0.2, -0.15) is 0 Å². The number of hydrogen-bond donors (Lipinski definition) is 2. The van der Waals surface area contributed by atoms with Crippen molar-refractivity contribution in [1.29, 1.82) is 0 Å². The first kappa shape index (κ1) is 21.9. The summed E-state index contributed by atoms with van der Waals surface area (Å²) in [7, 11) is 0. The van der Waals surface area contributed by atoms with E-state index in [2.05, 4.69) is 33.8 Å². The Balaban J connectivity index is 1.51. The molecular weight excluding hydrogens is 356 g/mol.